The second kappa shape index (κ2) is 9.36. The fourth-order valence-electron chi connectivity index (χ4n) is 5.16. The number of carbonyl (C=O) groups excluding carboxylic acids is 2. The maximum Gasteiger partial charge on any atom is 0.243 e. The lowest BCUT2D eigenvalue weighted by molar-refractivity contribution is -0.116. The van der Waals surface area contributed by atoms with Crippen molar-refractivity contribution in [1.82, 2.24) is 4.31 Å². The summed E-state index contributed by atoms with van der Waals surface area (Å²) in [5, 5.41) is 2.77. The van der Waals surface area contributed by atoms with Crippen LogP contribution < -0.4 is 5.32 Å². The van der Waals surface area contributed by atoms with Crippen molar-refractivity contribution in [1.29, 1.82) is 0 Å². The highest BCUT2D eigenvalue weighted by molar-refractivity contribution is 7.89. The van der Waals surface area contributed by atoms with E-state index in [0.29, 0.717) is 43.7 Å². The number of nitrogens with zero attached hydrogens (tertiary/aromatic N) is 1. The lowest BCUT2D eigenvalue weighted by Gasteiger charge is -2.46. The van der Waals surface area contributed by atoms with E-state index in [1.807, 2.05) is 36.4 Å². The Morgan fingerprint density at radius 1 is 1.03 bits per heavy atom. The van der Waals surface area contributed by atoms with Crippen LogP contribution in [-0.2, 0) is 31.4 Å². The number of rotatable bonds is 5. The number of nitrogens with one attached hydrogen (secondary N) is 1. The zero-order valence-corrected chi connectivity index (χ0v) is 21.7. The molecule has 0 aromatic heterocycles. The Bertz CT molecular complexity index is 1260. The number of hydrogen-bond donors (Lipinski definition) is 1. The third-order valence-electron chi connectivity index (χ3n) is 7.15. The molecule has 0 spiro atoms. The van der Waals surface area contributed by atoms with Gasteiger partial charge in [-0.3, -0.25) is 9.59 Å². The first-order valence-corrected chi connectivity index (χ1v) is 13.5. The lowest BCUT2D eigenvalue weighted by Crippen LogP contribution is -2.49. The van der Waals surface area contributed by atoms with Crippen LogP contribution in [0.3, 0.4) is 0 Å². The Hall–Kier alpha value is -2.77. The van der Waals surface area contributed by atoms with E-state index in [4.69, 9.17) is 0 Å². The van der Waals surface area contributed by atoms with E-state index in [1.165, 1.54) is 6.92 Å². The molecule has 0 saturated carbocycles. The summed E-state index contributed by atoms with van der Waals surface area (Å²) in [7, 11) is -3.67. The average Bonchev–Trinajstić information content (AvgIpc) is 2.79. The van der Waals surface area contributed by atoms with Crippen LogP contribution in [0, 0.1) is 5.41 Å². The minimum absolute atomic E-state index is 0.0543. The van der Waals surface area contributed by atoms with E-state index < -0.39 is 15.4 Å². The monoisotopic (exact) mass is 494 g/mol. The van der Waals surface area contributed by atoms with Crippen LogP contribution in [-0.4, -0.2) is 37.5 Å². The highest BCUT2D eigenvalue weighted by atomic mass is 32.2. The molecular formula is C28H34N2O4S. The van der Waals surface area contributed by atoms with Crippen molar-refractivity contribution in [3.63, 3.8) is 0 Å². The van der Waals surface area contributed by atoms with Gasteiger partial charge in [-0.25, -0.2) is 8.42 Å². The maximum atomic E-state index is 13.6. The minimum atomic E-state index is -3.67. The predicted octanol–water partition coefficient (Wildman–Crippen LogP) is 4.86. The van der Waals surface area contributed by atoms with Crippen molar-refractivity contribution < 1.29 is 18.0 Å². The Kier molecular flexibility index (Phi) is 6.77. The number of sulfonamides is 1. The van der Waals surface area contributed by atoms with Gasteiger partial charge in [-0.2, -0.15) is 4.31 Å². The molecule has 35 heavy (non-hydrogen) atoms. The SMILES string of the molecule is CC(=O)Nc1ccc(CC23CCC(=O)C=C2CCN(S(=O)(=O)c2ccc(C(C)(C)C)cc2)C3)cc1. The number of benzene rings is 2. The summed E-state index contributed by atoms with van der Waals surface area (Å²) in [4.78, 5) is 23.9. The summed E-state index contributed by atoms with van der Waals surface area (Å²) < 4.78 is 28.9. The highest BCUT2D eigenvalue weighted by Crippen LogP contribution is 2.46. The molecule has 1 saturated heterocycles. The molecule has 1 amide bonds. The van der Waals surface area contributed by atoms with Gasteiger partial charge in [0.15, 0.2) is 5.78 Å². The van der Waals surface area contributed by atoms with Gasteiger partial charge in [0.25, 0.3) is 0 Å². The number of hydrogen-bond acceptors (Lipinski definition) is 4. The molecule has 2 aromatic rings. The zero-order valence-electron chi connectivity index (χ0n) is 20.9. The highest BCUT2D eigenvalue weighted by Gasteiger charge is 2.45. The second-order valence-corrected chi connectivity index (χ2v) is 12.8. The number of ketones is 1. The molecule has 1 unspecified atom stereocenters. The molecular weight excluding hydrogens is 460 g/mol. The summed E-state index contributed by atoms with van der Waals surface area (Å²) in [6, 6.07) is 14.9. The van der Waals surface area contributed by atoms with Gasteiger partial charge in [0.1, 0.15) is 0 Å². The number of amides is 1. The molecule has 1 aliphatic carbocycles. The van der Waals surface area contributed by atoms with Crippen LogP contribution in [0.2, 0.25) is 0 Å². The summed E-state index contributed by atoms with van der Waals surface area (Å²) in [6.45, 7) is 8.49. The van der Waals surface area contributed by atoms with Crippen molar-refractivity contribution in [3.8, 4) is 0 Å². The number of carbonyl (C=O) groups is 2. The van der Waals surface area contributed by atoms with Crippen molar-refractivity contribution in [2.75, 3.05) is 18.4 Å². The third-order valence-corrected chi connectivity index (χ3v) is 9.01. The Morgan fingerprint density at radius 2 is 1.69 bits per heavy atom. The fourth-order valence-corrected chi connectivity index (χ4v) is 6.69. The van der Waals surface area contributed by atoms with Crippen LogP contribution in [0.15, 0.2) is 65.1 Å². The van der Waals surface area contributed by atoms with Gasteiger partial charge >= 0.3 is 0 Å². The van der Waals surface area contributed by atoms with E-state index in [2.05, 4.69) is 26.1 Å². The smallest absolute Gasteiger partial charge is 0.243 e. The van der Waals surface area contributed by atoms with Gasteiger partial charge in [-0.05, 0) is 66.1 Å². The van der Waals surface area contributed by atoms with E-state index in [9.17, 15) is 18.0 Å². The normalized spacial score (nSPS) is 21.3. The van der Waals surface area contributed by atoms with Crippen LogP contribution in [0.25, 0.3) is 0 Å². The summed E-state index contributed by atoms with van der Waals surface area (Å²) in [6.07, 6.45) is 3.98. The summed E-state index contributed by atoms with van der Waals surface area (Å²) >= 11 is 0. The zero-order chi connectivity index (χ0) is 25.4. The summed E-state index contributed by atoms with van der Waals surface area (Å²) in [5.41, 5.74) is 3.44. The first-order valence-electron chi connectivity index (χ1n) is 12.1. The topological polar surface area (TPSA) is 83.6 Å². The van der Waals surface area contributed by atoms with Gasteiger partial charge in [0, 0.05) is 37.5 Å². The van der Waals surface area contributed by atoms with E-state index in [1.54, 1.807) is 22.5 Å². The molecule has 1 fully saturated rings. The minimum Gasteiger partial charge on any atom is -0.326 e. The molecule has 2 aromatic carbocycles. The molecule has 7 heteroatoms. The third kappa shape index (κ3) is 5.41. The molecule has 1 atom stereocenters. The number of anilines is 1. The Balaban J connectivity index is 1.62. The molecule has 6 nitrogen and oxygen atoms in total. The van der Waals surface area contributed by atoms with Crippen LogP contribution in [0.1, 0.15) is 58.1 Å². The molecule has 0 bridgehead atoms. The molecule has 1 aliphatic heterocycles. The van der Waals surface area contributed by atoms with Gasteiger partial charge in [0.2, 0.25) is 15.9 Å². The second-order valence-electron chi connectivity index (χ2n) is 10.8. The maximum absolute atomic E-state index is 13.6. The quantitative estimate of drug-likeness (QED) is 0.644. The lowest BCUT2D eigenvalue weighted by atomic mass is 9.66. The van der Waals surface area contributed by atoms with Gasteiger partial charge in [0.05, 0.1) is 4.90 Å². The Labute approximate surface area is 208 Å². The molecule has 2 aliphatic rings. The number of piperidine rings is 1. The fraction of sp³-hybridized carbons (Fsp3) is 0.429. The molecule has 186 valence electrons. The van der Waals surface area contributed by atoms with Gasteiger partial charge in [-0.15, -0.1) is 0 Å². The van der Waals surface area contributed by atoms with Crippen molar-refractivity contribution in [2.45, 2.75) is 63.7 Å². The predicted molar refractivity (Wildman–Crippen MR) is 138 cm³/mol. The largest absolute Gasteiger partial charge is 0.326 e. The van der Waals surface area contributed by atoms with Crippen molar-refractivity contribution in [3.05, 3.63) is 71.3 Å². The van der Waals surface area contributed by atoms with Crippen LogP contribution in [0.4, 0.5) is 5.69 Å². The molecule has 0 radical (unpaired) electrons. The first-order chi connectivity index (χ1) is 16.4. The average molecular weight is 495 g/mol. The first kappa shape index (κ1) is 25.3. The molecule has 4 rings (SSSR count). The van der Waals surface area contributed by atoms with E-state index >= 15 is 0 Å². The van der Waals surface area contributed by atoms with Crippen LogP contribution >= 0.6 is 0 Å². The standard InChI is InChI=1S/C28H34N2O4S/c1-20(31)29-24-9-5-21(6-10-24)18-28-15-13-25(32)17-23(28)14-16-30(19-28)35(33,34)26-11-7-22(8-12-26)27(2,3)4/h5-12,17H,13-16,18-19H2,1-4H3,(H,29,31). The van der Waals surface area contributed by atoms with E-state index in [-0.39, 0.29) is 17.1 Å². The van der Waals surface area contributed by atoms with Crippen molar-refractivity contribution >= 4 is 27.4 Å². The molecule has 1 heterocycles. The molecule has 1 N–H and O–H groups in total. The Morgan fingerprint density at radius 3 is 2.29 bits per heavy atom. The number of allylic oxidation sites excluding steroid dienone is 1. The van der Waals surface area contributed by atoms with E-state index in [0.717, 1.165) is 22.4 Å². The summed E-state index contributed by atoms with van der Waals surface area (Å²) in [5.74, 6) is -0.0123. The number of fused-ring (bicyclic) bond motifs is 1. The van der Waals surface area contributed by atoms with Gasteiger partial charge < -0.3 is 5.32 Å². The van der Waals surface area contributed by atoms with Crippen LogP contribution in [0.5, 0.6) is 0 Å². The van der Waals surface area contributed by atoms with Crippen molar-refractivity contribution in [2.24, 2.45) is 5.41 Å². The van der Waals surface area contributed by atoms with Gasteiger partial charge in [-0.1, -0.05) is 50.6 Å².